The molecule has 3 heteroatoms. The molecule has 15 heavy (non-hydrogen) atoms. The topological polar surface area (TPSA) is 27.0 Å². The van der Waals surface area contributed by atoms with Gasteiger partial charge in [0.05, 0.1) is 12.0 Å². The van der Waals surface area contributed by atoms with Crippen molar-refractivity contribution in [1.82, 2.24) is 0 Å². The number of nitrogens with zero attached hydrogens (tertiary/aromatic N) is 2. The Morgan fingerprint density at radius 3 is 2.80 bits per heavy atom. The third kappa shape index (κ3) is 3.14. The first-order valence-electron chi connectivity index (χ1n) is 4.91. The first-order chi connectivity index (χ1) is 7.04. The van der Waals surface area contributed by atoms with Crippen molar-refractivity contribution in [2.45, 2.75) is 13.8 Å². The second-order valence-electron chi connectivity index (χ2n) is 3.84. The van der Waals surface area contributed by atoms with Gasteiger partial charge in [-0.05, 0) is 31.5 Å². The fourth-order valence-electron chi connectivity index (χ4n) is 1.54. The van der Waals surface area contributed by atoms with Crippen molar-refractivity contribution in [2.75, 3.05) is 18.5 Å². The Morgan fingerprint density at radius 1 is 1.53 bits per heavy atom. The second kappa shape index (κ2) is 5.04. The summed E-state index contributed by atoms with van der Waals surface area (Å²) in [4.78, 5) is 2.06. The predicted molar refractivity (Wildman–Crippen MR) is 64.2 cm³/mol. The molecular formula is C12H15ClN2. The predicted octanol–water partition coefficient (Wildman–Crippen LogP) is 3.24. The molecule has 0 N–H and O–H groups in total. The summed E-state index contributed by atoms with van der Waals surface area (Å²) in [5, 5.41) is 9.48. The standard InChI is InChI=1S/C12H15ClN2/c1-9(7-14)8-15(3)12-6-11(13)5-4-10(12)2/h4-6,9H,8H2,1-3H3. The molecule has 0 heterocycles. The first-order valence-corrected chi connectivity index (χ1v) is 5.29. The average molecular weight is 223 g/mol. The highest BCUT2D eigenvalue weighted by molar-refractivity contribution is 6.30. The molecule has 0 saturated heterocycles. The van der Waals surface area contributed by atoms with Gasteiger partial charge in [-0.15, -0.1) is 0 Å². The van der Waals surface area contributed by atoms with E-state index in [1.54, 1.807) is 0 Å². The number of benzene rings is 1. The van der Waals surface area contributed by atoms with Crippen LogP contribution in [0.3, 0.4) is 0 Å². The van der Waals surface area contributed by atoms with Crippen LogP contribution in [0.4, 0.5) is 5.69 Å². The van der Waals surface area contributed by atoms with E-state index < -0.39 is 0 Å². The van der Waals surface area contributed by atoms with Crippen LogP contribution >= 0.6 is 11.6 Å². The largest absolute Gasteiger partial charge is 0.373 e. The minimum absolute atomic E-state index is 0.0216. The average Bonchev–Trinajstić information content (AvgIpc) is 2.21. The summed E-state index contributed by atoms with van der Waals surface area (Å²) in [5.74, 6) is 0.0216. The third-order valence-electron chi connectivity index (χ3n) is 2.35. The van der Waals surface area contributed by atoms with Gasteiger partial charge in [-0.1, -0.05) is 17.7 Å². The smallest absolute Gasteiger partial charge is 0.0671 e. The molecule has 0 bridgehead atoms. The minimum Gasteiger partial charge on any atom is -0.373 e. The third-order valence-corrected chi connectivity index (χ3v) is 2.59. The van der Waals surface area contributed by atoms with Crippen LogP contribution in [0.2, 0.25) is 5.02 Å². The number of halogens is 1. The van der Waals surface area contributed by atoms with E-state index in [2.05, 4.69) is 11.0 Å². The van der Waals surface area contributed by atoms with Gasteiger partial charge >= 0.3 is 0 Å². The molecular weight excluding hydrogens is 208 g/mol. The summed E-state index contributed by atoms with van der Waals surface area (Å²) in [5.41, 5.74) is 2.26. The zero-order valence-electron chi connectivity index (χ0n) is 9.29. The van der Waals surface area contributed by atoms with Gasteiger partial charge < -0.3 is 4.90 Å². The van der Waals surface area contributed by atoms with Crippen molar-refractivity contribution >= 4 is 17.3 Å². The number of nitriles is 1. The van der Waals surface area contributed by atoms with Crippen molar-refractivity contribution in [3.05, 3.63) is 28.8 Å². The summed E-state index contributed by atoms with van der Waals surface area (Å²) in [6, 6.07) is 8.02. The van der Waals surface area contributed by atoms with E-state index in [1.165, 1.54) is 5.56 Å². The van der Waals surface area contributed by atoms with E-state index in [9.17, 15) is 0 Å². The summed E-state index contributed by atoms with van der Waals surface area (Å²) in [7, 11) is 1.98. The Bertz CT molecular complexity index is 382. The van der Waals surface area contributed by atoms with Crippen LogP contribution < -0.4 is 4.90 Å². The molecule has 1 aromatic rings. The van der Waals surface area contributed by atoms with Gasteiger partial charge in [0.1, 0.15) is 0 Å². The van der Waals surface area contributed by atoms with Gasteiger partial charge in [-0.25, -0.2) is 0 Å². The summed E-state index contributed by atoms with van der Waals surface area (Å²) in [6.45, 7) is 4.67. The second-order valence-corrected chi connectivity index (χ2v) is 4.28. The number of anilines is 1. The lowest BCUT2D eigenvalue weighted by molar-refractivity contribution is 0.715. The molecule has 0 aliphatic carbocycles. The van der Waals surface area contributed by atoms with Gasteiger partial charge in [0.25, 0.3) is 0 Å². The van der Waals surface area contributed by atoms with Crippen molar-refractivity contribution in [2.24, 2.45) is 5.92 Å². The lowest BCUT2D eigenvalue weighted by Crippen LogP contribution is -2.23. The zero-order valence-corrected chi connectivity index (χ0v) is 10.0. The molecule has 0 aliphatic heterocycles. The van der Waals surface area contributed by atoms with Gasteiger partial charge in [-0.3, -0.25) is 0 Å². The van der Waals surface area contributed by atoms with Crippen molar-refractivity contribution in [1.29, 1.82) is 5.26 Å². The van der Waals surface area contributed by atoms with Crippen LogP contribution in [-0.4, -0.2) is 13.6 Å². The fourth-order valence-corrected chi connectivity index (χ4v) is 1.71. The maximum absolute atomic E-state index is 8.75. The monoisotopic (exact) mass is 222 g/mol. The van der Waals surface area contributed by atoms with Crippen LogP contribution in [0.15, 0.2) is 18.2 Å². The molecule has 0 aromatic heterocycles. The van der Waals surface area contributed by atoms with E-state index in [4.69, 9.17) is 16.9 Å². The van der Waals surface area contributed by atoms with Crippen LogP contribution in [-0.2, 0) is 0 Å². The number of hydrogen-bond acceptors (Lipinski definition) is 2. The van der Waals surface area contributed by atoms with Crippen molar-refractivity contribution in [3.8, 4) is 6.07 Å². The number of aryl methyl sites for hydroxylation is 1. The highest BCUT2D eigenvalue weighted by Crippen LogP contribution is 2.23. The van der Waals surface area contributed by atoms with Gasteiger partial charge in [0.15, 0.2) is 0 Å². The molecule has 0 radical (unpaired) electrons. The van der Waals surface area contributed by atoms with E-state index in [0.717, 1.165) is 17.3 Å². The van der Waals surface area contributed by atoms with Crippen LogP contribution in [0.1, 0.15) is 12.5 Å². The van der Waals surface area contributed by atoms with E-state index in [-0.39, 0.29) is 5.92 Å². The van der Waals surface area contributed by atoms with Gasteiger partial charge in [0, 0.05) is 24.3 Å². The van der Waals surface area contributed by atoms with Crippen molar-refractivity contribution in [3.63, 3.8) is 0 Å². The minimum atomic E-state index is 0.0216. The molecule has 1 atom stereocenters. The molecule has 1 aromatic carbocycles. The number of hydrogen-bond donors (Lipinski definition) is 0. The summed E-state index contributed by atoms with van der Waals surface area (Å²) >= 11 is 5.94. The van der Waals surface area contributed by atoms with Crippen LogP contribution in [0, 0.1) is 24.2 Å². The zero-order chi connectivity index (χ0) is 11.4. The quantitative estimate of drug-likeness (QED) is 0.785. The molecule has 0 amide bonds. The maximum Gasteiger partial charge on any atom is 0.0671 e. The Balaban J connectivity index is 2.86. The SMILES string of the molecule is Cc1ccc(Cl)cc1N(C)CC(C)C#N. The molecule has 1 unspecified atom stereocenters. The van der Waals surface area contributed by atoms with E-state index >= 15 is 0 Å². The van der Waals surface area contributed by atoms with Crippen molar-refractivity contribution < 1.29 is 0 Å². The maximum atomic E-state index is 8.75. The molecule has 0 fully saturated rings. The first kappa shape index (κ1) is 11.9. The van der Waals surface area contributed by atoms with E-state index in [1.807, 2.05) is 39.1 Å². The van der Waals surface area contributed by atoms with Crippen LogP contribution in [0.5, 0.6) is 0 Å². The van der Waals surface area contributed by atoms with Gasteiger partial charge in [-0.2, -0.15) is 5.26 Å². The Kier molecular flexibility index (Phi) is 3.99. The lowest BCUT2D eigenvalue weighted by atomic mass is 10.1. The normalized spacial score (nSPS) is 11.9. The molecule has 0 saturated carbocycles. The molecule has 1 rings (SSSR count). The summed E-state index contributed by atoms with van der Waals surface area (Å²) in [6.07, 6.45) is 0. The fraction of sp³-hybridized carbons (Fsp3) is 0.417. The van der Waals surface area contributed by atoms with Crippen LogP contribution in [0.25, 0.3) is 0 Å². The highest BCUT2D eigenvalue weighted by Gasteiger charge is 2.08. The Morgan fingerprint density at radius 2 is 2.20 bits per heavy atom. The van der Waals surface area contributed by atoms with Gasteiger partial charge in [0.2, 0.25) is 0 Å². The number of rotatable bonds is 3. The molecule has 2 nitrogen and oxygen atoms in total. The molecule has 0 spiro atoms. The summed E-state index contributed by atoms with van der Waals surface area (Å²) < 4.78 is 0. The lowest BCUT2D eigenvalue weighted by Gasteiger charge is -2.22. The van der Waals surface area contributed by atoms with E-state index in [0.29, 0.717) is 0 Å². The Labute approximate surface area is 96.1 Å². The Hall–Kier alpha value is -1.20. The molecule has 0 aliphatic rings. The molecule has 80 valence electrons. The highest BCUT2D eigenvalue weighted by atomic mass is 35.5.